The van der Waals surface area contributed by atoms with Gasteiger partial charge in [-0.15, -0.1) is 0 Å². The molecular weight excluding hydrogens is 230 g/mol. The Balaban J connectivity index is 2.09. The molecule has 1 saturated carbocycles. The third-order valence-corrected chi connectivity index (χ3v) is 3.78. The molecule has 0 aromatic carbocycles. The number of ether oxygens (including phenoxy) is 1. The first-order valence-corrected chi connectivity index (χ1v) is 6.09. The van der Waals surface area contributed by atoms with Gasteiger partial charge in [-0.1, -0.05) is 13.8 Å². The predicted octanol–water partition coefficient (Wildman–Crippen LogP) is 1.33. The van der Waals surface area contributed by atoms with Gasteiger partial charge in [-0.05, 0) is 6.42 Å². The maximum atomic E-state index is 5.66. The van der Waals surface area contributed by atoms with Gasteiger partial charge in [0.25, 0.3) is 0 Å². The lowest BCUT2D eigenvalue weighted by Gasteiger charge is -2.51. The van der Waals surface area contributed by atoms with E-state index < -0.39 is 0 Å². The minimum absolute atomic E-state index is 0.0915. The van der Waals surface area contributed by atoms with E-state index >= 15 is 0 Å². The van der Waals surface area contributed by atoms with Crippen LogP contribution in [0.15, 0.2) is 6.07 Å². The molecule has 0 bridgehead atoms. The Labute approximate surface area is 107 Å². The zero-order valence-electron chi connectivity index (χ0n) is 11.3. The number of nitrogen functional groups attached to an aromatic ring is 1. The van der Waals surface area contributed by atoms with E-state index in [2.05, 4.69) is 34.4 Å². The fourth-order valence-corrected chi connectivity index (χ4v) is 2.38. The number of nitrogens with one attached hydrogen (secondary N) is 2. The lowest BCUT2D eigenvalue weighted by Crippen LogP contribution is -2.57. The topological polar surface area (TPSA) is 85.1 Å². The molecule has 0 aliphatic heterocycles. The molecule has 2 atom stereocenters. The molecule has 6 heteroatoms. The first-order chi connectivity index (χ1) is 8.47. The van der Waals surface area contributed by atoms with E-state index in [4.69, 9.17) is 10.5 Å². The molecule has 1 heterocycles. The first kappa shape index (κ1) is 12.9. The number of aromatic nitrogens is 2. The normalized spacial score (nSPS) is 25.3. The Morgan fingerprint density at radius 1 is 1.39 bits per heavy atom. The van der Waals surface area contributed by atoms with Gasteiger partial charge in [0.15, 0.2) is 0 Å². The van der Waals surface area contributed by atoms with Gasteiger partial charge in [-0.25, -0.2) is 0 Å². The van der Waals surface area contributed by atoms with E-state index in [9.17, 15) is 0 Å². The van der Waals surface area contributed by atoms with Crippen LogP contribution in [0.2, 0.25) is 0 Å². The van der Waals surface area contributed by atoms with Gasteiger partial charge in [0.2, 0.25) is 5.95 Å². The van der Waals surface area contributed by atoms with Crippen molar-refractivity contribution in [3.63, 3.8) is 0 Å². The smallest absolute Gasteiger partial charge is 0.223 e. The number of hydrogen-bond acceptors (Lipinski definition) is 6. The Morgan fingerprint density at radius 2 is 2.06 bits per heavy atom. The van der Waals surface area contributed by atoms with E-state index in [-0.39, 0.29) is 17.5 Å². The number of anilines is 3. The highest BCUT2D eigenvalue weighted by molar-refractivity contribution is 5.51. The summed E-state index contributed by atoms with van der Waals surface area (Å²) in [4.78, 5) is 8.26. The van der Waals surface area contributed by atoms with Crippen molar-refractivity contribution in [3.05, 3.63) is 6.07 Å². The molecule has 2 rings (SSSR count). The fraction of sp³-hybridized carbons (Fsp3) is 0.667. The van der Waals surface area contributed by atoms with Crippen molar-refractivity contribution in [2.45, 2.75) is 32.4 Å². The van der Waals surface area contributed by atoms with Gasteiger partial charge < -0.3 is 21.1 Å². The summed E-state index contributed by atoms with van der Waals surface area (Å²) < 4.78 is 5.43. The molecule has 1 aliphatic carbocycles. The molecule has 6 nitrogen and oxygen atoms in total. The molecule has 1 aliphatic rings. The van der Waals surface area contributed by atoms with Gasteiger partial charge in [-0.3, -0.25) is 0 Å². The zero-order chi connectivity index (χ0) is 13.3. The molecular formula is C12H21N5O. The molecule has 2 unspecified atom stereocenters. The molecule has 0 amide bonds. The van der Waals surface area contributed by atoms with Crippen LogP contribution in [0.25, 0.3) is 0 Å². The van der Waals surface area contributed by atoms with E-state index in [0.29, 0.717) is 11.9 Å². The van der Waals surface area contributed by atoms with Crippen molar-refractivity contribution in [1.82, 2.24) is 9.97 Å². The standard InChI is InChI=1S/C12H21N5O/c1-12(2)7(5-8(12)18-4)15-10-6-9(14-3)16-11(13)17-10/h6-8H,5H2,1-4H3,(H4,13,14,15,16,17). The maximum Gasteiger partial charge on any atom is 0.223 e. The predicted molar refractivity (Wildman–Crippen MR) is 72.6 cm³/mol. The average Bonchev–Trinajstić information content (AvgIpc) is 2.33. The summed E-state index contributed by atoms with van der Waals surface area (Å²) in [7, 11) is 3.56. The molecule has 0 radical (unpaired) electrons. The van der Waals surface area contributed by atoms with Crippen molar-refractivity contribution in [1.29, 1.82) is 0 Å². The van der Waals surface area contributed by atoms with Gasteiger partial charge >= 0.3 is 0 Å². The summed E-state index contributed by atoms with van der Waals surface area (Å²) >= 11 is 0. The largest absolute Gasteiger partial charge is 0.381 e. The summed E-state index contributed by atoms with van der Waals surface area (Å²) in [5.74, 6) is 1.73. The molecule has 0 saturated heterocycles. The monoisotopic (exact) mass is 251 g/mol. The number of methoxy groups -OCH3 is 1. The van der Waals surface area contributed by atoms with Crippen molar-refractivity contribution in [2.24, 2.45) is 5.41 Å². The van der Waals surface area contributed by atoms with Crippen LogP contribution >= 0.6 is 0 Å². The van der Waals surface area contributed by atoms with Gasteiger partial charge in [0.05, 0.1) is 6.10 Å². The van der Waals surface area contributed by atoms with Gasteiger partial charge in [-0.2, -0.15) is 9.97 Å². The summed E-state index contributed by atoms with van der Waals surface area (Å²) in [6, 6.07) is 2.19. The van der Waals surface area contributed by atoms with E-state index in [1.54, 1.807) is 14.2 Å². The number of nitrogens with two attached hydrogens (primary N) is 1. The molecule has 0 spiro atoms. The van der Waals surface area contributed by atoms with Crippen LogP contribution in [-0.2, 0) is 4.74 Å². The highest BCUT2D eigenvalue weighted by atomic mass is 16.5. The highest BCUT2D eigenvalue weighted by Crippen LogP contribution is 2.43. The Hall–Kier alpha value is -1.56. The van der Waals surface area contributed by atoms with Crippen molar-refractivity contribution < 1.29 is 4.74 Å². The number of hydrogen-bond donors (Lipinski definition) is 3. The van der Waals surface area contributed by atoms with Gasteiger partial charge in [0, 0.05) is 31.7 Å². The molecule has 100 valence electrons. The summed E-state index contributed by atoms with van der Waals surface area (Å²) in [6.07, 6.45) is 1.26. The van der Waals surface area contributed by atoms with E-state index in [0.717, 1.165) is 12.2 Å². The van der Waals surface area contributed by atoms with Crippen LogP contribution in [-0.4, -0.2) is 36.3 Å². The van der Waals surface area contributed by atoms with Gasteiger partial charge in [0.1, 0.15) is 11.6 Å². The minimum Gasteiger partial charge on any atom is -0.381 e. The van der Waals surface area contributed by atoms with E-state index in [1.807, 2.05) is 6.07 Å². The van der Waals surface area contributed by atoms with Crippen molar-refractivity contribution in [2.75, 3.05) is 30.5 Å². The SMILES string of the molecule is CNc1cc(NC2CC(OC)C2(C)C)nc(N)n1. The lowest BCUT2D eigenvalue weighted by molar-refractivity contribution is -0.0795. The molecule has 1 aromatic rings. The maximum absolute atomic E-state index is 5.66. The van der Waals surface area contributed by atoms with Crippen molar-refractivity contribution >= 4 is 17.6 Å². The highest BCUT2D eigenvalue weighted by Gasteiger charge is 2.48. The van der Waals surface area contributed by atoms with Crippen LogP contribution in [0.5, 0.6) is 0 Å². The van der Waals surface area contributed by atoms with Crippen LogP contribution in [0, 0.1) is 5.41 Å². The van der Waals surface area contributed by atoms with Crippen LogP contribution in [0.3, 0.4) is 0 Å². The fourth-order valence-electron chi connectivity index (χ4n) is 2.38. The second-order valence-corrected chi connectivity index (χ2v) is 5.22. The number of rotatable bonds is 4. The molecule has 1 aromatic heterocycles. The molecule has 1 fully saturated rings. The zero-order valence-corrected chi connectivity index (χ0v) is 11.3. The third kappa shape index (κ3) is 2.20. The Morgan fingerprint density at radius 3 is 2.61 bits per heavy atom. The quantitative estimate of drug-likeness (QED) is 0.748. The average molecular weight is 251 g/mol. The Kier molecular flexibility index (Phi) is 3.30. The second kappa shape index (κ2) is 4.61. The van der Waals surface area contributed by atoms with Crippen LogP contribution < -0.4 is 16.4 Å². The lowest BCUT2D eigenvalue weighted by atomic mass is 9.64. The summed E-state index contributed by atoms with van der Waals surface area (Å²) in [5, 5.41) is 6.36. The van der Waals surface area contributed by atoms with E-state index in [1.165, 1.54) is 0 Å². The first-order valence-electron chi connectivity index (χ1n) is 6.09. The minimum atomic E-state index is 0.0915. The second-order valence-electron chi connectivity index (χ2n) is 5.22. The third-order valence-electron chi connectivity index (χ3n) is 3.78. The van der Waals surface area contributed by atoms with Crippen LogP contribution in [0.1, 0.15) is 20.3 Å². The summed E-state index contributed by atoms with van der Waals surface area (Å²) in [5.41, 5.74) is 5.76. The molecule has 4 N–H and O–H groups in total. The summed E-state index contributed by atoms with van der Waals surface area (Å²) in [6.45, 7) is 4.37. The Bertz CT molecular complexity index is 434. The molecule has 18 heavy (non-hydrogen) atoms. The number of nitrogens with zero attached hydrogens (tertiary/aromatic N) is 2. The van der Waals surface area contributed by atoms with Crippen LogP contribution in [0.4, 0.5) is 17.6 Å². The van der Waals surface area contributed by atoms with Crippen molar-refractivity contribution in [3.8, 4) is 0 Å².